The van der Waals surface area contributed by atoms with Gasteiger partial charge in [-0.2, -0.15) is 0 Å². The molecule has 0 amide bonds. The molecule has 0 aromatic carbocycles. The summed E-state index contributed by atoms with van der Waals surface area (Å²) >= 11 is 0. The Morgan fingerprint density at radius 2 is 2.00 bits per heavy atom. The molecule has 3 saturated carbocycles. The van der Waals surface area contributed by atoms with Crippen molar-refractivity contribution in [1.82, 2.24) is 0 Å². The van der Waals surface area contributed by atoms with Gasteiger partial charge in [0.05, 0.1) is 5.92 Å². The normalized spacial score (nSPS) is 61.4. The molecule has 2 saturated heterocycles. The summed E-state index contributed by atoms with van der Waals surface area (Å²) in [6.45, 7) is 0. The van der Waals surface area contributed by atoms with Gasteiger partial charge in [0.1, 0.15) is 6.10 Å². The fourth-order valence-corrected chi connectivity index (χ4v) is 4.65. The van der Waals surface area contributed by atoms with Crippen LogP contribution >= 0.6 is 0 Å². The van der Waals surface area contributed by atoms with E-state index < -0.39 is 0 Å². The average Bonchev–Trinajstić information content (AvgIpc) is 2.46. The van der Waals surface area contributed by atoms with Gasteiger partial charge in [-0.15, -0.1) is 0 Å². The topological polar surface area (TPSA) is 26.3 Å². The molecule has 0 radical (unpaired) electrons. The predicted octanol–water partition coefficient (Wildman–Crippen LogP) is 1.59. The van der Waals surface area contributed by atoms with Crippen molar-refractivity contribution < 1.29 is 9.53 Å². The van der Waals surface area contributed by atoms with Gasteiger partial charge in [-0.25, -0.2) is 0 Å². The third-order valence-corrected chi connectivity index (χ3v) is 4.96. The van der Waals surface area contributed by atoms with E-state index in [-0.39, 0.29) is 11.9 Å². The van der Waals surface area contributed by atoms with Gasteiger partial charge in [-0.1, -0.05) is 0 Å². The van der Waals surface area contributed by atoms with Crippen LogP contribution in [0.4, 0.5) is 0 Å². The summed E-state index contributed by atoms with van der Waals surface area (Å²) in [6.07, 6.45) is 5.21. The first-order valence-electron chi connectivity index (χ1n) is 5.53. The molecule has 3 aliphatic carbocycles. The molecule has 0 spiro atoms. The quantitative estimate of drug-likeness (QED) is 0.526. The van der Waals surface area contributed by atoms with Crippen LogP contribution in [-0.4, -0.2) is 12.1 Å². The number of esters is 1. The van der Waals surface area contributed by atoms with Crippen LogP contribution in [0.25, 0.3) is 0 Å². The molecular weight excluding hydrogens is 164 g/mol. The summed E-state index contributed by atoms with van der Waals surface area (Å²) in [6, 6.07) is 0. The molecule has 5 fully saturated rings. The second-order valence-corrected chi connectivity index (χ2v) is 5.38. The highest BCUT2D eigenvalue weighted by Gasteiger charge is 2.61. The lowest BCUT2D eigenvalue weighted by Crippen LogP contribution is -2.27. The predicted molar refractivity (Wildman–Crippen MR) is 45.8 cm³/mol. The fraction of sp³-hybridized carbons (Fsp3) is 0.909. The smallest absolute Gasteiger partial charge is 0.309 e. The molecular formula is C11H14O2. The number of carbonyl (C=O) groups excluding carboxylic acids is 1. The van der Waals surface area contributed by atoms with Crippen LogP contribution in [0.15, 0.2) is 0 Å². The van der Waals surface area contributed by atoms with Crippen molar-refractivity contribution >= 4 is 5.97 Å². The van der Waals surface area contributed by atoms with E-state index in [1.54, 1.807) is 0 Å². The summed E-state index contributed by atoms with van der Waals surface area (Å²) in [7, 11) is 0. The van der Waals surface area contributed by atoms with E-state index in [9.17, 15) is 4.79 Å². The van der Waals surface area contributed by atoms with Crippen LogP contribution in [-0.2, 0) is 9.53 Å². The number of hydrogen-bond donors (Lipinski definition) is 0. The first-order valence-corrected chi connectivity index (χ1v) is 5.53. The van der Waals surface area contributed by atoms with Gasteiger partial charge in [-0.3, -0.25) is 4.79 Å². The van der Waals surface area contributed by atoms with Gasteiger partial charge in [0.15, 0.2) is 0 Å². The van der Waals surface area contributed by atoms with E-state index in [0.29, 0.717) is 6.10 Å². The molecule has 0 aromatic rings. The van der Waals surface area contributed by atoms with E-state index in [1.807, 2.05) is 0 Å². The van der Waals surface area contributed by atoms with Crippen molar-refractivity contribution in [2.45, 2.75) is 31.8 Å². The van der Waals surface area contributed by atoms with E-state index in [4.69, 9.17) is 4.74 Å². The highest BCUT2D eigenvalue weighted by molar-refractivity contribution is 5.73. The largest absolute Gasteiger partial charge is 0.462 e. The minimum absolute atomic E-state index is 0.125. The third-order valence-electron chi connectivity index (χ3n) is 4.96. The maximum absolute atomic E-state index is 11.6. The number of rotatable bonds is 0. The van der Waals surface area contributed by atoms with Crippen LogP contribution in [0.3, 0.4) is 0 Å². The first kappa shape index (κ1) is 6.86. The maximum Gasteiger partial charge on any atom is 0.309 e. The summed E-state index contributed by atoms with van der Waals surface area (Å²) in [4.78, 5) is 11.6. The van der Waals surface area contributed by atoms with Crippen LogP contribution in [0.5, 0.6) is 0 Å². The fourth-order valence-electron chi connectivity index (χ4n) is 4.65. The first-order chi connectivity index (χ1) is 6.33. The van der Waals surface area contributed by atoms with Gasteiger partial charge in [0.25, 0.3) is 0 Å². The highest BCUT2D eigenvalue weighted by Crippen LogP contribution is 2.62. The zero-order valence-corrected chi connectivity index (χ0v) is 7.61. The van der Waals surface area contributed by atoms with Crippen molar-refractivity contribution in [3.05, 3.63) is 0 Å². The van der Waals surface area contributed by atoms with Gasteiger partial charge in [0.2, 0.25) is 0 Å². The lowest BCUT2D eigenvalue weighted by atomic mass is 9.74. The van der Waals surface area contributed by atoms with E-state index in [1.165, 1.54) is 12.8 Å². The van der Waals surface area contributed by atoms with Gasteiger partial charge in [0, 0.05) is 5.92 Å². The zero-order chi connectivity index (χ0) is 8.58. The third kappa shape index (κ3) is 0.660. The Kier molecular flexibility index (Phi) is 1.02. The molecule has 2 aliphatic heterocycles. The summed E-state index contributed by atoms with van der Waals surface area (Å²) in [5, 5.41) is 0. The molecule has 2 nitrogen and oxygen atoms in total. The molecule has 2 heterocycles. The zero-order valence-electron chi connectivity index (χ0n) is 7.61. The second-order valence-electron chi connectivity index (χ2n) is 5.38. The Hall–Kier alpha value is -0.530. The molecule has 70 valence electrons. The summed E-state index contributed by atoms with van der Waals surface area (Å²) < 4.78 is 5.55. The van der Waals surface area contributed by atoms with E-state index in [2.05, 4.69) is 0 Å². The Bertz CT molecular complexity index is 286. The van der Waals surface area contributed by atoms with Crippen molar-refractivity contribution in [3.8, 4) is 0 Å². The molecule has 5 aliphatic rings. The highest BCUT2D eigenvalue weighted by atomic mass is 16.5. The number of carbonyl (C=O) groups is 1. The summed E-state index contributed by atoms with van der Waals surface area (Å²) in [5.41, 5.74) is 0. The Morgan fingerprint density at radius 1 is 1.08 bits per heavy atom. The van der Waals surface area contributed by atoms with Gasteiger partial charge >= 0.3 is 5.97 Å². The molecule has 13 heavy (non-hydrogen) atoms. The standard InChI is InChI=1S/C11H14O2/c12-11-7-2-6-1-5-4-9(13-11)10(6)8(5)3-7/h5-10H,1-4H2. The lowest BCUT2D eigenvalue weighted by molar-refractivity contribution is -0.152. The number of ether oxygens (including phenoxy) is 1. The number of hydrogen-bond acceptors (Lipinski definition) is 2. The second kappa shape index (κ2) is 1.94. The maximum atomic E-state index is 11.6. The minimum Gasteiger partial charge on any atom is -0.462 e. The Labute approximate surface area is 77.6 Å². The monoisotopic (exact) mass is 178 g/mol. The minimum atomic E-state index is 0.125. The van der Waals surface area contributed by atoms with Crippen LogP contribution in [0.2, 0.25) is 0 Å². The molecule has 6 bridgehead atoms. The van der Waals surface area contributed by atoms with Gasteiger partial charge < -0.3 is 4.74 Å². The molecule has 2 heteroatoms. The molecule has 0 N–H and O–H groups in total. The molecule has 6 unspecified atom stereocenters. The SMILES string of the molecule is O=C1OC2CC3CC4CC1CC3C42. The van der Waals surface area contributed by atoms with Crippen molar-refractivity contribution in [2.24, 2.45) is 29.6 Å². The van der Waals surface area contributed by atoms with Crippen molar-refractivity contribution in [3.63, 3.8) is 0 Å². The van der Waals surface area contributed by atoms with Crippen molar-refractivity contribution in [2.75, 3.05) is 0 Å². The van der Waals surface area contributed by atoms with E-state index in [0.717, 1.165) is 36.5 Å². The van der Waals surface area contributed by atoms with Crippen LogP contribution in [0.1, 0.15) is 25.7 Å². The molecule has 6 atom stereocenters. The van der Waals surface area contributed by atoms with Crippen LogP contribution in [0, 0.1) is 29.6 Å². The Morgan fingerprint density at radius 3 is 2.85 bits per heavy atom. The van der Waals surface area contributed by atoms with Gasteiger partial charge in [-0.05, 0) is 43.4 Å². The average molecular weight is 178 g/mol. The number of fused-ring (bicyclic) bond motifs is 1. The lowest BCUT2D eigenvalue weighted by Gasteiger charge is -2.28. The summed E-state index contributed by atoms with van der Waals surface area (Å²) in [5.74, 6) is 3.80. The van der Waals surface area contributed by atoms with Crippen molar-refractivity contribution in [1.29, 1.82) is 0 Å². The van der Waals surface area contributed by atoms with E-state index >= 15 is 0 Å². The molecule has 0 aromatic heterocycles. The van der Waals surface area contributed by atoms with Crippen LogP contribution < -0.4 is 0 Å². The Balaban J connectivity index is 1.86. The molecule has 5 rings (SSSR count).